The summed E-state index contributed by atoms with van der Waals surface area (Å²) < 4.78 is 61.8. The highest BCUT2D eigenvalue weighted by atomic mass is 19.4. The Hall–Kier alpha value is -4.27. The molecule has 3 heterocycles. The summed E-state index contributed by atoms with van der Waals surface area (Å²) in [6.45, 7) is 1.09. The van der Waals surface area contributed by atoms with Crippen LogP contribution in [0.3, 0.4) is 0 Å². The van der Waals surface area contributed by atoms with Gasteiger partial charge >= 0.3 is 12.3 Å². The van der Waals surface area contributed by atoms with Crippen molar-refractivity contribution in [1.82, 2.24) is 20.2 Å². The molecule has 1 aliphatic heterocycles. The molecular formula is C25H21F3N4O7. The van der Waals surface area contributed by atoms with Crippen molar-refractivity contribution in [3.8, 4) is 34.3 Å². The number of rotatable bonds is 7. The van der Waals surface area contributed by atoms with Crippen LogP contribution in [0.4, 0.5) is 18.0 Å². The van der Waals surface area contributed by atoms with E-state index in [0.29, 0.717) is 17.7 Å². The van der Waals surface area contributed by atoms with Gasteiger partial charge in [0.25, 0.3) is 5.89 Å². The molecule has 1 aliphatic rings. The van der Waals surface area contributed by atoms with Gasteiger partial charge < -0.3 is 28.7 Å². The van der Waals surface area contributed by atoms with Crippen LogP contribution in [0, 0.1) is 0 Å². The highest BCUT2D eigenvalue weighted by molar-refractivity contribution is 5.71. The minimum absolute atomic E-state index is 0.0127. The molecule has 0 spiro atoms. The lowest BCUT2D eigenvalue weighted by molar-refractivity contribution is -0.159. The van der Waals surface area contributed by atoms with Crippen molar-refractivity contribution in [1.29, 1.82) is 0 Å². The standard InChI is InChI=1S/C25H21F3N4O7/c26-25(27,28)19-20(15-4-2-1-3-5-15)30-38-21(19)23-29-22(31-39-23)16-8-6-14(7-9-16)17(33)12-32-10-11-36-18(13-32)37-24(34)35/h1-9,17-18,33H,10-13H2,(H,34,35). The number of nitrogens with zero attached hydrogens (tertiary/aromatic N) is 4. The Balaban J connectivity index is 1.31. The molecule has 39 heavy (non-hydrogen) atoms. The number of hydrogen-bond donors (Lipinski definition) is 2. The zero-order valence-electron chi connectivity index (χ0n) is 20.0. The summed E-state index contributed by atoms with van der Waals surface area (Å²) in [5, 5.41) is 26.8. The molecule has 4 aromatic rings. The number of morpholine rings is 1. The van der Waals surface area contributed by atoms with E-state index in [2.05, 4.69) is 20.0 Å². The molecule has 204 valence electrons. The maximum Gasteiger partial charge on any atom is 0.508 e. The number of benzene rings is 2. The zero-order valence-corrected chi connectivity index (χ0v) is 20.0. The van der Waals surface area contributed by atoms with Gasteiger partial charge in [-0.1, -0.05) is 64.9 Å². The van der Waals surface area contributed by atoms with Crippen LogP contribution < -0.4 is 0 Å². The van der Waals surface area contributed by atoms with Crippen LogP contribution in [0.5, 0.6) is 0 Å². The first-order valence-electron chi connectivity index (χ1n) is 11.7. The number of aromatic nitrogens is 3. The fourth-order valence-electron chi connectivity index (χ4n) is 4.15. The second kappa shape index (κ2) is 10.8. The molecule has 1 saturated heterocycles. The van der Waals surface area contributed by atoms with E-state index < -0.39 is 47.6 Å². The second-order valence-electron chi connectivity index (χ2n) is 8.60. The highest BCUT2D eigenvalue weighted by Crippen LogP contribution is 2.43. The van der Waals surface area contributed by atoms with E-state index in [-0.39, 0.29) is 31.1 Å². The van der Waals surface area contributed by atoms with Crippen LogP contribution in [-0.4, -0.2) is 69.1 Å². The predicted octanol–water partition coefficient (Wildman–Crippen LogP) is 4.46. The molecule has 2 atom stereocenters. The molecular weight excluding hydrogens is 525 g/mol. The van der Waals surface area contributed by atoms with Gasteiger partial charge in [-0.3, -0.25) is 4.90 Å². The average Bonchev–Trinajstić information content (AvgIpc) is 3.57. The van der Waals surface area contributed by atoms with Crippen LogP contribution in [0.2, 0.25) is 0 Å². The van der Waals surface area contributed by atoms with E-state index in [9.17, 15) is 23.1 Å². The fourth-order valence-corrected chi connectivity index (χ4v) is 4.15. The van der Waals surface area contributed by atoms with E-state index in [1.165, 1.54) is 12.1 Å². The van der Waals surface area contributed by atoms with Gasteiger partial charge in [0.15, 0.2) is 0 Å². The smallest absolute Gasteiger partial charge is 0.450 e. The van der Waals surface area contributed by atoms with E-state index in [1.807, 2.05) is 0 Å². The lowest BCUT2D eigenvalue weighted by Crippen LogP contribution is -2.45. The topological polar surface area (TPSA) is 144 Å². The molecule has 2 N–H and O–H groups in total. The van der Waals surface area contributed by atoms with Crippen molar-refractivity contribution in [3.05, 3.63) is 65.7 Å². The number of aliphatic hydroxyl groups excluding tert-OH is 1. The van der Waals surface area contributed by atoms with Crippen molar-refractivity contribution in [3.63, 3.8) is 0 Å². The molecule has 0 aliphatic carbocycles. The van der Waals surface area contributed by atoms with Crippen LogP contribution in [0.1, 0.15) is 17.2 Å². The summed E-state index contributed by atoms with van der Waals surface area (Å²) >= 11 is 0. The van der Waals surface area contributed by atoms with Gasteiger partial charge in [0, 0.05) is 24.2 Å². The average molecular weight is 546 g/mol. The highest BCUT2D eigenvalue weighted by Gasteiger charge is 2.43. The molecule has 11 nitrogen and oxygen atoms in total. The Morgan fingerprint density at radius 1 is 1.08 bits per heavy atom. The molecule has 5 rings (SSSR count). The third kappa shape index (κ3) is 5.92. The van der Waals surface area contributed by atoms with Gasteiger partial charge in [-0.25, -0.2) is 4.79 Å². The SMILES string of the molecule is O=C(O)OC1CN(CC(O)c2ccc(-c3noc(-c4onc(-c5ccccc5)c4C(F)(F)F)n3)cc2)CCO1. The number of hydrogen-bond acceptors (Lipinski definition) is 10. The van der Waals surface area contributed by atoms with Crippen LogP contribution >= 0.6 is 0 Å². The van der Waals surface area contributed by atoms with Crippen molar-refractivity contribution in [2.45, 2.75) is 18.6 Å². The third-order valence-electron chi connectivity index (χ3n) is 5.98. The molecule has 0 saturated carbocycles. The summed E-state index contributed by atoms with van der Waals surface area (Å²) in [5.74, 6) is -1.16. The van der Waals surface area contributed by atoms with Crippen molar-refractivity contribution in [2.24, 2.45) is 0 Å². The quantitative estimate of drug-likeness (QED) is 0.317. The summed E-state index contributed by atoms with van der Waals surface area (Å²) in [6, 6.07) is 14.2. The van der Waals surface area contributed by atoms with Crippen molar-refractivity contribution < 1.29 is 46.7 Å². The molecule has 1 fully saturated rings. The normalized spacial score (nSPS) is 17.2. The monoisotopic (exact) mass is 546 g/mol. The maximum atomic E-state index is 14.0. The number of carboxylic acid groups (broad SMARTS) is 1. The minimum Gasteiger partial charge on any atom is -0.450 e. The fraction of sp³-hybridized carbons (Fsp3) is 0.280. The first-order valence-corrected chi connectivity index (χ1v) is 11.7. The Morgan fingerprint density at radius 3 is 2.51 bits per heavy atom. The van der Waals surface area contributed by atoms with Crippen LogP contribution in [-0.2, 0) is 15.7 Å². The van der Waals surface area contributed by atoms with Crippen molar-refractivity contribution in [2.75, 3.05) is 26.2 Å². The molecule has 2 aromatic carbocycles. The Kier molecular flexibility index (Phi) is 7.32. The van der Waals surface area contributed by atoms with Crippen LogP contribution in [0.25, 0.3) is 34.3 Å². The molecule has 0 amide bonds. The summed E-state index contributed by atoms with van der Waals surface area (Å²) in [4.78, 5) is 16.6. The molecule has 14 heteroatoms. The van der Waals surface area contributed by atoms with Gasteiger partial charge in [-0.15, -0.1) is 0 Å². The van der Waals surface area contributed by atoms with Gasteiger partial charge in [0.2, 0.25) is 17.9 Å². The number of ether oxygens (including phenoxy) is 2. The number of alkyl halides is 3. The number of halogens is 3. The largest absolute Gasteiger partial charge is 0.508 e. The Morgan fingerprint density at radius 2 is 1.82 bits per heavy atom. The molecule has 2 aromatic heterocycles. The van der Waals surface area contributed by atoms with Crippen LogP contribution in [0.15, 0.2) is 63.6 Å². The van der Waals surface area contributed by atoms with Gasteiger partial charge in [0.1, 0.15) is 11.3 Å². The second-order valence-corrected chi connectivity index (χ2v) is 8.60. The van der Waals surface area contributed by atoms with Gasteiger partial charge in [0.05, 0.1) is 19.3 Å². The number of carbonyl (C=O) groups is 1. The first kappa shape index (κ1) is 26.3. The Labute approximate surface area is 218 Å². The lowest BCUT2D eigenvalue weighted by Gasteiger charge is -2.32. The molecule has 0 radical (unpaired) electrons. The first-order chi connectivity index (χ1) is 18.7. The van der Waals surface area contributed by atoms with E-state index in [4.69, 9.17) is 18.9 Å². The van der Waals surface area contributed by atoms with E-state index in [1.54, 1.807) is 47.4 Å². The number of β-amino-alcohol motifs (C(OH)–C–C–N with tert-alkyl or cyclic N) is 1. The predicted molar refractivity (Wildman–Crippen MR) is 126 cm³/mol. The summed E-state index contributed by atoms with van der Waals surface area (Å²) in [6.07, 6.45) is -8.10. The summed E-state index contributed by atoms with van der Waals surface area (Å²) in [5.41, 5.74) is -0.320. The van der Waals surface area contributed by atoms with Gasteiger partial charge in [-0.2, -0.15) is 18.2 Å². The van der Waals surface area contributed by atoms with Crippen molar-refractivity contribution >= 4 is 6.16 Å². The lowest BCUT2D eigenvalue weighted by atomic mass is 10.1. The Bertz CT molecular complexity index is 1420. The van der Waals surface area contributed by atoms with E-state index >= 15 is 0 Å². The number of aliphatic hydroxyl groups is 1. The van der Waals surface area contributed by atoms with Gasteiger partial charge in [-0.05, 0) is 5.56 Å². The molecule has 2 unspecified atom stereocenters. The third-order valence-corrected chi connectivity index (χ3v) is 5.98. The summed E-state index contributed by atoms with van der Waals surface area (Å²) in [7, 11) is 0. The minimum atomic E-state index is -4.80. The van der Waals surface area contributed by atoms with E-state index in [0.717, 1.165) is 0 Å². The molecule has 0 bridgehead atoms. The maximum absolute atomic E-state index is 14.0. The zero-order chi connectivity index (χ0) is 27.6.